The summed E-state index contributed by atoms with van der Waals surface area (Å²) in [5, 5.41) is 3.63. The van der Waals surface area contributed by atoms with Gasteiger partial charge in [0.2, 0.25) is 0 Å². The molecular weight excluding hydrogens is 263 g/mol. The highest BCUT2D eigenvalue weighted by Crippen LogP contribution is 2.64. The molecule has 0 spiro atoms. The lowest BCUT2D eigenvalue weighted by molar-refractivity contribution is -0.0751. The fourth-order valence-electron chi connectivity index (χ4n) is 6.01. The molecule has 4 aliphatic carbocycles. The topological polar surface area (TPSA) is 24.9 Å². The molecule has 1 unspecified atom stereocenters. The molecule has 1 N–H and O–H groups in total. The van der Waals surface area contributed by atoms with Crippen molar-refractivity contribution in [2.24, 2.45) is 23.2 Å². The van der Waals surface area contributed by atoms with Crippen molar-refractivity contribution in [3.8, 4) is 0 Å². The van der Waals surface area contributed by atoms with E-state index < -0.39 is 0 Å². The van der Waals surface area contributed by atoms with Gasteiger partial charge in [0.25, 0.3) is 0 Å². The second-order valence-electron chi connectivity index (χ2n) is 7.67. The molecule has 1 atom stereocenters. The van der Waals surface area contributed by atoms with Crippen LogP contribution in [-0.4, -0.2) is 11.5 Å². The van der Waals surface area contributed by atoms with Crippen molar-refractivity contribution in [3.05, 3.63) is 29.8 Å². The molecule has 1 aromatic rings. The molecule has 1 aromatic heterocycles. The summed E-state index contributed by atoms with van der Waals surface area (Å²) in [6.07, 6.45) is 11.3. The van der Waals surface area contributed by atoms with Crippen LogP contribution in [0.5, 0.6) is 0 Å². The molecule has 4 fully saturated rings. The first-order valence-electron chi connectivity index (χ1n) is 8.53. The lowest BCUT2D eigenvalue weighted by Gasteiger charge is -2.59. The van der Waals surface area contributed by atoms with Crippen LogP contribution in [0.15, 0.2) is 18.5 Å². The number of nitrogens with one attached hydrogen (secondary N) is 1. The zero-order chi connectivity index (χ0) is 14.4. The van der Waals surface area contributed by atoms with Gasteiger partial charge in [-0.1, -0.05) is 6.92 Å². The van der Waals surface area contributed by atoms with E-state index in [0.29, 0.717) is 0 Å². The van der Waals surface area contributed by atoms with E-state index in [2.05, 4.69) is 17.2 Å². The minimum Gasteiger partial charge on any atom is -0.310 e. The average Bonchev–Trinajstić information content (AvgIpc) is 2.44. The normalized spacial score (nSPS) is 38.7. The lowest BCUT2D eigenvalue weighted by atomic mass is 9.47. The van der Waals surface area contributed by atoms with E-state index >= 15 is 0 Å². The fourth-order valence-corrected chi connectivity index (χ4v) is 6.01. The Bertz CT molecular complexity index is 492. The second kappa shape index (κ2) is 5.05. The van der Waals surface area contributed by atoms with E-state index in [1.165, 1.54) is 44.7 Å². The molecule has 4 aliphatic rings. The largest absolute Gasteiger partial charge is 0.310 e. The summed E-state index contributed by atoms with van der Waals surface area (Å²) < 4.78 is 14.3. The highest BCUT2D eigenvalue weighted by molar-refractivity contribution is 5.23. The predicted octanol–water partition coefficient (Wildman–Crippen LogP) is 4.09. The van der Waals surface area contributed by atoms with Gasteiger partial charge < -0.3 is 5.32 Å². The maximum atomic E-state index is 14.3. The molecule has 3 heteroatoms. The number of rotatable bonds is 4. The zero-order valence-corrected chi connectivity index (χ0v) is 12.8. The summed E-state index contributed by atoms with van der Waals surface area (Å²) in [6, 6.07) is 2.06. The Labute approximate surface area is 126 Å². The summed E-state index contributed by atoms with van der Waals surface area (Å²) >= 11 is 0. The maximum Gasteiger partial charge on any atom is 0.146 e. The number of nitrogens with zero attached hydrogens (tertiary/aromatic N) is 1. The Morgan fingerprint density at radius 1 is 1.24 bits per heavy atom. The molecule has 21 heavy (non-hydrogen) atoms. The molecule has 114 valence electrons. The summed E-state index contributed by atoms with van der Waals surface area (Å²) in [4.78, 5) is 3.93. The van der Waals surface area contributed by atoms with E-state index in [-0.39, 0.29) is 17.3 Å². The van der Waals surface area contributed by atoms with E-state index in [9.17, 15) is 4.39 Å². The molecular formula is C18H25FN2. The Balaban J connectivity index is 1.72. The van der Waals surface area contributed by atoms with Gasteiger partial charge in [-0.3, -0.25) is 4.98 Å². The van der Waals surface area contributed by atoms with Gasteiger partial charge in [-0.2, -0.15) is 0 Å². The number of aromatic nitrogens is 1. The Morgan fingerprint density at radius 3 is 2.38 bits per heavy atom. The predicted molar refractivity (Wildman–Crippen MR) is 81.2 cm³/mol. The minimum atomic E-state index is -0.140. The van der Waals surface area contributed by atoms with Crippen LogP contribution in [0.1, 0.15) is 57.1 Å². The molecule has 0 radical (unpaired) electrons. The number of hydrogen-bond donors (Lipinski definition) is 1. The van der Waals surface area contributed by atoms with E-state index in [4.69, 9.17) is 0 Å². The van der Waals surface area contributed by atoms with Crippen LogP contribution in [0, 0.1) is 29.0 Å². The van der Waals surface area contributed by atoms with Gasteiger partial charge in [-0.25, -0.2) is 4.39 Å². The second-order valence-corrected chi connectivity index (χ2v) is 7.67. The van der Waals surface area contributed by atoms with Gasteiger partial charge >= 0.3 is 0 Å². The first kappa shape index (κ1) is 13.7. The lowest BCUT2D eigenvalue weighted by Crippen LogP contribution is -2.52. The van der Waals surface area contributed by atoms with Crippen molar-refractivity contribution in [2.75, 3.05) is 6.54 Å². The highest BCUT2D eigenvalue weighted by Gasteiger charge is 2.54. The monoisotopic (exact) mass is 288 g/mol. The smallest absolute Gasteiger partial charge is 0.146 e. The van der Waals surface area contributed by atoms with Crippen molar-refractivity contribution in [1.82, 2.24) is 10.3 Å². The first-order valence-corrected chi connectivity index (χ1v) is 8.53. The molecule has 2 nitrogen and oxygen atoms in total. The van der Waals surface area contributed by atoms with Crippen molar-refractivity contribution in [2.45, 2.75) is 51.5 Å². The minimum absolute atomic E-state index is 0.140. The van der Waals surface area contributed by atoms with Crippen LogP contribution in [0.25, 0.3) is 0 Å². The van der Waals surface area contributed by atoms with Gasteiger partial charge in [-0.05, 0) is 74.3 Å². The molecule has 5 rings (SSSR count). The van der Waals surface area contributed by atoms with Gasteiger partial charge in [0, 0.05) is 17.8 Å². The van der Waals surface area contributed by atoms with Gasteiger partial charge in [-0.15, -0.1) is 0 Å². The van der Waals surface area contributed by atoms with Crippen molar-refractivity contribution in [3.63, 3.8) is 0 Å². The molecule has 1 heterocycles. The third-order valence-corrected chi connectivity index (χ3v) is 6.22. The SMILES string of the molecule is CCNC(c1ccncc1F)C12CC3CC(CC(C3)C1)C2. The Morgan fingerprint density at radius 2 is 1.86 bits per heavy atom. The van der Waals surface area contributed by atoms with Crippen molar-refractivity contribution >= 4 is 0 Å². The number of hydrogen-bond acceptors (Lipinski definition) is 2. The number of halogens is 1. The molecule has 0 aliphatic heterocycles. The van der Waals surface area contributed by atoms with Crippen molar-refractivity contribution < 1.29 is 4.39 Å². The fraction of sp³-hybridized carbons (Fsp3) is 0.722. The Hall–Kier alpha value is -0.960. The Kier molecular flexibility index (Phi) is 3.29. The van der Waals surface area contributed by atoms with Gasteiger partial charge in [0.05, 0.1) is 6.20 Å². The summed E-state index contributed by atoms with van der Waals surface area (Å²) in [6.45, 7) is 3.03. The average molecular weight is 288 g/mol. The summed E-state index contributed by atoms with van der Waals surface area (Å²) in [5.41, 5.74) is 1.13. The highest BCUT2D eigenvalue weighted by atomic mass is 19.1. The molecule has 0 saturated heterocycles. The third-order valence-electron chi connectivity index (χ3n) is 6.22. The van der Waals surface area contributed by atoms with E-state index in [1.54, 1.807) is 6.20 Å². The van der Waals surface area contributed by atoms with E-state index in [1.807, 2.05) is 6.07 Å². The van der Waals surface area contributed by atoms with Crippen molar-refractivity contribution in [1.29, 1.82) is 0 Å². The van der Waals surface area contributed by atoms with Crippen LogP contribution >= 0.6 is 0 Å². The van der Waals surface area contributed by atoms with E-state index in [0.717, 1.165) is 29.9 Å². The number of pyridine rings is 1. The quantitative estimate of drug-likeness (QED) is 0.902. The van der Waals surface area contributed by atoms with Crippen LogP contribution in [-0.2, 0) is 0 Å². The maximum absolute atomic E-state index is 14.3. The van der Waals surface area contributed by atoms with Gasteiger partial charge in [0.15, 0.2) is 0 Å². The molecule has 0 aromatic carbocycles. The molecule has 4 bridgehead atoms. The zero-order valence-electron chi connectivity index (χ0n) is 12.8. The van der Waals surface area contributed by atoms with Crippen LogP contribution in [0.4, 0.5) is 4.39 Å². The van der Waals surface area contributed by atoms with Crippen LogP contribution in [0.2, 0.25) is 0 Å². The summed E-state index contributed by atoms with van der Waals surface area (Å²) in [7, 11) is 0. The summed E-state index contributed by atoms with van der Waals surface area (Å²) in [5.74, 6) is 2.53. The van der Waals surface area contributed by atoms with Crippen LogP contribution in [0.3, 0.4) is 0 Å². The van der Waals surface area contributed by atoms with Gasteiger partial charge in [0.1, 0.15) is 5.82 Å². The first-order chi connectivity index (χ1) is 10.2. The standard InChI is InChI=1S/C18H25FN2/c1-2-21-17(15-3-4-20-11-16(15)19)18-8-12-5-13(9-18)7-14(6-12)10-18/h3-4,11-14,17,21H,2,5-10H2,1H3. The molecule has 4 saturated carbocycles. The van der Waals surface area contributed by atoms with Crippen LogP contribution < -0.4 is 5.32 Å². The molecule has 0 amide bonds. The third kappa shape index (κ3) is 2.21.